The van der Waals surface area contributed by atoms with Crippen molar-refractivity contribution in [2.24, 2.45) is 5.84 Å². The maximum absolute atomic E-state index is 13.9. The topological polar surface area (TPSA) is 47.3 Å². The number of nitrogens with one attached hydrogen (secondary N) is 1. The predicted molar refractivity (Wildman–Crippen MR) is 66.9 cm³/mol. The molecule has 1 aromatic carbocycles. The second-order valence-electron chi connectivity index (χ2n) is 4.15. The molecule has 1 atom stereocenters. The smallest absolute Gasteiger partial charge is 0.133 e. The number of ether oxygens (including phenoxy) is 1. The Kier molecular flexibility index (Phi) is 6.18. The van der Waals surface area contributed by atoms with Crippen LogP contribution in [0.5, 0.6) is 0 Å². The highest BCUT2D eigenvalue weighted by Gasteiger charge is 2.20. The Balaban J connectivity index is 2.78. The third kappa shape index (κ3) is 3.73. The van der Waals surface area contributed by atoms with Gasteiger partial charge in [0.05, 0.1) is 6.04 Å². The summed E-state index contributed by atoms with van der Waals surface area (Å²) in [5, 5.41) is 0. The van der Waals surface area contributed by atoms with Crippen molar-refractivity contribution in [3.05, 3.63) is 34.9 Å². The highest BCUT2D eigenvalue weighted by atomic mass is 19.1. The minimum atomic E-state index is -0.572. The largest absolute Gasteiger partial charge is 0.382 e. The highest BCUT2D eigenvalue weighted by molar-refractivity contribution is 5.29. The lowest BCUT2D eigenvalue weighted by atomic mass is 9.99. The first-order chi connectivity index (χ1) is 8.61. The summed E-state index contributed by atoms with van der Waals surface area (Å²) in [4.78, 5) is 0. The van der Waals surface area contributed by atoms with Gasteiger partial charge in [-0.15, -0.1) is 0 Å². The van der Waals surface area contributed by atoms with E-state index >= 15 is 0 Å². The number of hydrogen-bond acceptors (Lipinski definition) is 3. The number of benzene rings is 1. The minimum Gasteiger partial charge on any atom is -0.382 e. The van der Waals surface area contributed by atoms with Gasteiger partial charge in [-0.1, -0.05) is 6.07 Å². The monoisotopic (exact) mass is 258 g/mol. The van der Waals surface area contributed by atoms with Gasteiger partial charge in [0, 0.05) is 18.8 Å². The Bertz CT molecular complexity index is 385. The zero-order chi connectivity index (χ0) is 13.5. The average Bonchev–Trinajstić information content (AvgIpc) is 2.37. The summed E-state index contributed by atoms with van der Waals surface area (Å²) in [7, 11) is 0. The molecule has 0 saturated carbocycles. The molecule has 0 spiro atoms. The summed E-state index contributed by atoms with van der Waals surface area (Å²) in [6, 6.07) is 2.15. The molecule has 0 aromatic heterocycles. The molecule has 0 saturated heterocycles. The molecule has 0 radical (unpaired) electrons. The normalized spacial score (nSPS) is 12.7. The first-order valence-electron chi connectivity index (χ1n) is 6.10. The number of hydrazine groups is 1. The number of nitrogens with two attached hydrogens (primary N) is 1. The van der Waals surface area contributed by atoms with E-state index in [2.05, 4.69) is 5.43 Å². The molecule has 1 aromatic rings. The van der Waals surface area contributed by atoms with Crippen LogP contribution in [0.1, 0.15) is 36.9 Å². The molecule has 0 bridgehead atoms. The van der Waals surface area contributed by atoms with Crippen LogP contribution in [0.25, 0.3) is 0 Å². The predicted octanol–water partition coefficient (Wildman–Crippen LogP) is 2.59. The van der Waals surface area contributed by atoms with Gasteiger partial charge < -0.3 is 4.74 Å². The van der Waals surface area contributed by atoms with Crippen LogP contribution in [-0.2, 0) is 4.74 Å². The quantitative estimate of drug-likeness (QED) is 0.449. The van der Waals surface area contributed by atoms with Gasteiger partial charge in [-0.3, -0.25) is 11.3 Å². The Hall–Kier alpha value is -1.04. The molecule has 1 rings (SSSR count). The van der Waals surface area contributed by atoms with Crippen molar-refractivity contribution in [3.63, 3.8) is 0 Å². The molecular weight excluding hydrogens is 238 g/mol. The molecule has 0 amide bonds. The molecule has 102 valence electrons. The average molecular weight is 258 g/mol. The van der Waals surface area contributed by atoms with E-state index in [1.807, 2.05) is 6.92 Å². The molecule has 0 aliphatic rings. The van der Waals surface area contributed by atoms with Crippen LogP contribution in [0.2, 0.25) is 0 Å². The fourth-order valence-electron chi connectivity index (χ4n) is 1.84. The Morgan fingerprint density at radius 2 is 2.11 bits per heavy atom. The summed E-state index contributed by atoms with van der Waals surface area (Å²) >= 11 is 0. The molecule has 0 aliphatic heterocycles. The number of hydrogen-bond donors (Lipinski definition) is 2. The van der Waals surface area contributed by atoms with Gasteiger partial charge >= 0.3 is 0 Å². The van der Waals surface area contributed by atoms with Crippen LogP contribution >= 0.6 is 0 Å². The van der Waals surface area contributed by atoms with Gasteiger partial charge in [0.15, 0.2) is 0 Å². The molecule has 5 heteroatoms. The lowest BCUT2D eigenvalue weighted by Gasteiger charge is -2.18. The van der Waals surface area contributed by atoms with E-state index in [1.165, 1.54) is 12.1 Å². The van der Waals surface area contributed by atoms with E-state index in [0.717, 1.165) is 0 Å². The Labute approximate surface area is 106 Å². The molecule has 0 aliphatic carbocycles. The van der Waals surface area contributed by atoms with Crippen molar-refractivity contribution < 1.29 is 13.5 Å². The second-order valence-corrected chi connectivity index (χ2v) is 4.15. The van der Waals surface area contributed by atoms with Gasteiger partial charge in [0.2, 0.25) is 0 Å². The zero-order valence-corrected chi connectivity index (χ0v) is 10.8. The maximum Gasteiger partial charge on any atom is 0.133 e. The molecule has 0 fully saturated rings. The Morgan fingerprint density at radius 3 is 2.72 bits per heavy atom. The minimum absolute atomic E-state index is 0.00833. The van der Waals surface area contributed by atoms with Crippen LogP contribution < -0.4 is 11.3 Å². The summed E-state index contributed by atoms with van der Waals surface area (Å²) in [5.41, 5.74) is 2.89. The first-order valence-corrected chi connectivity index (χ1v) is 6.10. The van der Waals surface area contributed by atoms with Gasteiger partial charge in [-0.2, -0.15) is 0 Å². The van der Waals surface area contributed by atoms with E-state index in [4.69, 9.17) is 10.6 Å². The van der Waals surface area contributed by atoms with Gasteiger partial charge in [-0.25, -0.2) is 8.78 Å². The first kappa shape index (κ1) is 15.0. The highest BCUT2D eigenvalue weighted by Crippen LogP contribution is 2.25. The van der Waals surface area contributed by atoms with Crippen LogP contribution in [0.3, 0.4) is 0 Å². The molecule has 18 heavy (non-hydrogen) atoms. The summed E-state index contributed by atoms with van der Waals surface area (Å²) in [5.74, 6) is 4.28. The van der Waals surface area contributed by atoms with Crippen molar-refractivity contribution in [1.29, 1.82) is 0 Å². The lowest BCUT2D eigenvalue weighted by Crippen LogP contribution is -2.30. The van der Waals surface area contributed by atoms with E-state index in [-0.39, 0.29) is 5.56 Å². The van der Waals surface area contributed by atoms with Gasteiger partial charge in [-0.05, 0) is 38.3 Å². The molecule has 3 N–H and O–H groups in total. The fourth-order valence-corrected chi connectivity index (χ4v) is 1.84. The summed E-state index contributed by atoms with van der Waals surface area (Å²) in [6.07, 6.45) is 1.21. The van der Waals surface area contributed by atoms with Crippen molar-refractivity contribution in [1.82, 2.24) is 5.43 Å². The number of halogens is 2. The van der Waals surface area contributed by atoms with Gasteiger partial charge in [0.1, 0.15) is 11.6 Å². The van der Waals surface area contributed by atoms with Crippen LogP contribution in [0.15, 0.2) is 12.1 Å². The van der Waals surface area contributed by atoms with E-state index in [0.29, 0.717) is 31.6 Å². The standard InChI is InChI=1S/C13H20F2N2O/c1-3-18-8-4-5-11(17-16)12-10(14)7-6-9(2)13(12)15/h6-7,11,17H,3-5,8,16H2,1-2H3. The summed E-state index contributed by atoms with van der Waals surface area (Å²) < 4.78 is 32.8. The van der Waals surface area contributed by atoms with E-state index < -0.39 is 17.7 Å². The van der Waals surface area contributed by atoms with Crippen molar-refractivity contribution in [2.75, 3.05) is 13.2 Å². The zero-order valence-electron chi connectivity index (χ0n) is 10.8. The third-order valence-corrected chi connectivity index (χ3v) is 2.85. The molecule has 1 unspecified atom stereocenters. The van der Waals surface area contributed by atoms with E-state index in [9.17, 15) is 8.78 Å². The van der Waals surface area contributed by atoms with Crippen molar-refractivity contribution in [3.8, 4) is 0 Å². The van der Waals surface area contributed by atoms with Crippen molar-refractivity contribution >= 4 is 0 Å². The summed E-state index contributed by atoms with van der Waals surface area (Å²) in [6.45, 7) is 4.70. The van der Waals surface area contributed by atoms with Gasteiger partial charge in [0.25, 0.3) is 0 Å². The number of aryl methyl sites for hydroxylation is 1. The van der Waals surface area contributed by atoms with Crippen LogP contribution in [-0.4, -0.2) is 13.2 Å². The van der Waals surface area contributed by atoms with E-state index in [1.54, 1.807) is 6.92 Å². The molecular formula is C13H20F2N2O. The molecule has 3 nitrogen and oxygen atoms in total. The van der Waals surface area contributed by atoms with Crippen LogP contribution in [0, 0.1) is 18.6 Å². The Morgan fingerprint density at radius 1 is 1.39 bits per heavy atom. The number of rotatable bonds is 7. The second kappa shape index (κ2) is 7.41. The fraction of sp³-hybridized carbons (Fsp3) is 0.538. The van der Waals surface area contributed by atoms with Crippen LogP contribution in [0.4, 0.5) is 8.78 Å². The molecule has 0 heterocycles. The lowest BCUT2D eigenvalue weighted by molar-refractivity contribution is 0.140. The SMILES string of the molecule is CCOCCCC(NN)c1c(F)ccc(C)c1F. The van der Waals surface area contributed by atoms with Crippen molar-refractivity contribution in [2.45, 2.75) is 32.7 Å². The third-order valence-electron chi connectivity index (χ3n) is 2.85. The maximum atomic E-state index is 13.9.